The van der Waals surface area contributed by atoms with Crippen molar-refractivity contribution in [2.45, 2.75) is 26.8 Å². The van der Waals surface area contributed by atoms with Crippen molar-refractivity contribution in [3.8, 4) is 0 Å². The molecule has 0 bridgehead atoms. The molecule has 7 heteroatoms. The van der Waals surface area contributed by atoms with E-state index in [2.05, 4.69) is 20.9 Å². The first kappa shape index (κ1) is 22.0. The predicted molar refractivity (Wildman–Crippen MR) is 108 cm³/mol. The van der Waals surface area contributed by atoms with Crippen molar-refractivity contribution in [3.63, 3.8) is 0 Å². The van der Waals surface area contributed by atoms with Crippen LogP contribution in [0.3, 0.4) is 0 Å². The van der Waals surface area contributed by atoms with Gasteiger partial charge < -0.3 is 16.0 Å². The average molecular weight is 453 g/mol. The molecular weight excluding hydrogens is 427 g/mol. The highest BCUT2D eigenvalue weighted by Gasteiger charge is 2.08. The highest BCUT2D eigenvalue weighted by Crippen LogP contribution is 2.16. The van der Waals surface area contributed by atoms with Crippen LogP contribution < -0.4 is 16.0 Å². The van der Waals surface area contributed by atoms with Gasteiger partial charge in [-0.25, -0.2) is 0 Å². The number of carbonyl (C=O) groups is 1. The standard InChI is InChI=1S/C16H25ClN4O.HI/c1-11(2)15(22)19-8-9-20-16(18-4)21-12(3)13-6-5-7-14(17)10-13;/h5-7,10-12H,8-9H2,1-4H3,(H,19,22)(H2,18,20,21);1H. The highest BCUT2D eigenvalue weighted by atomic mass is 127. The summed E-state index contributed by atoms with van der Waals surface area (Å²) < 4.78 is 0. The van der Waals surface area contributed by atoms with Gasteiger partial charge in [0.1, 0.15) is 0 Å². The summed E-state index contributed by atoms with van der Waals surface area (Å²) in [6, 6.07) is 7.79. The van der Waals surface area contributed by atoms with E-state index in [1.54, 1.807) is 7.05 Å². The number of carbonyl (C=O) groups excluding carboxylic acids is 1. The maximum Gasteiger partial charge on any atom is 0.222 e. The Morgan fingerprint density at radius 2 is 1.87 bits per heavy atom. The monoisotopic (exact) mass is 452 g/mol. The minimum Gasteiger partial charge on any atom is -0.355 e. The average Bonchev–Trinajstić information content (AvgIpc) is 2.49. The van der Waals surface area contributed by atoms with Gasteiger partial charge in [-0.2, -0.15) is 0 Å². The van der Waals surface area contributed by atoms with E-state index in [1.807, 2.05) is 45.0 Å². The number of halogens is 2. The number of benzene rings is 1. The van der Waals surface area contributed by atoms with E-state index in [9.17, 15) is 4.79 Å². The second kappa shape index (κ2) is 11.5. The Hall–Kier alpha value is -1.02. The molecular formula is C16H26ClIN4O. The van der Waals surface area contributed by atoms with Crippen molar-refractivity contribution in [1.82, 2.24) is 16.0 Å². The highest BCUT2D eigenvalue weighted by molar-refractivity contribution is 14.0. The first-order valence-corrected chi connectivity index (χ1v) is 7.82. The molecule has 0 saturated heterocycles. The molecule has 130 valence electrons. The third-order valence-electron chi connectivity index (χ3n) is 3.17. The Kier molecular flexibility index (Phi) is 11.0. The van der Waals surface area contributed by atoms with Crippen LogP contribution in [-0.2, 0) is 4.79 Å². The van der Waals surface area contributed by atoms with Crippen LogP contribution in [0.25, 0.3) is 0 Å². The topological polar surface area (TPSA) is 65.5 Å². The summed E-state index contributed by atoms with van der Waals surface area (Å²) >= 11 is 6.00. The van der Waals surface area contributed by atoms with Crippen LogP contribution in [-0.4, -0.2) is 32.0 Å². The van der Waals surface area contributed by atoms with E-state index in [0.717, 1.165) is 5.56 Å². The molecule has 1 unspecified atom stereocenters. The van der Waals surface area contributed by atoms with Crippen LogP contribution in [0.15, 0.2) is 29.3 Å². The lowest BCUT2D eigenvalue weighted by Gasteiger charge is -2.18. The van der Waals surface area contributed by atoms with Gasteiger partial charge in [0.05, 0.1) is 6.04 Å². The number of rotatable bonds is 6. The number of guanidine groups is 1. The van der Waals surface area contributed by atoms with E-state index in [4.69, 9.17) is 11.6 Å². The SMILES string of the molecule is CN=C(NCCNC(=O)C(C)C)NC(C)c1cccc(Cl)c1.I. The van der Waals surface area contributed by atoms with Crippen molar-refractivity contribution in [2.75, 3.05) is 20.1 Å². The number of aliphatic imine (C=N–C) groups is 1. The van der Waals surface area contributed by atoms with Gasteiger partial charge in [0, 0.05) is 31.1 Å². The lowest BCUT2D eigenvalue weighted by Crippen LogP contribution is -2.42. The molecule has 5 nitrogen and oxygen atoms in total. The van der Waals surface area contributed by atoms with E-state index < -0.39 is 0 Å². The van der Waals surface area contributed by atoms with Crippen LogP contribution in [0.5, 0.6) is 0 Å². The quantitative estimate of drug-likeness (QED) is 0.269. The van der Waals surface area contributed by atoms with Crippen molar-refractivity contribution in [2.24, 2.45) is 10.9 Å². The third-order valence-corrected chi connectivity index (χ3v) is 3.40. The van der Waals surface area contributed by atoms with Gasteiger partial charge >= 0.3 is 0 Å². The van der Waals surface area contributed by atoms with E-state index in [0.29, 0.717) is 24.1 Å². The zero-order chi connectivity index (χ0) is 16.5. The summed E-state index contributed by atoms with van der Waals surface area (Å²) in [7, 11) is 1.72. The minimum absolute atomic E-state index is 0. The number of hydrogen-bond donors (Lipinski definition) is 3. The van der Waals surface area contributed by atoms with Gasteiger partial charge in [-0.15, -0.1) is 24.0 Å². The molecule has 0 aliphatic carbocycles. The summed E-state index contributed by atoms with van der Waals surface area (Å²) in [6.45, 7) is 6.95. The van der Waals surface area contributed by atoms with Crippen molar-refractivity contribution in [3.05, 3.63) is 34.9 Å². The van der Waals surface area contributed by atoms with Gasteiger partial charge in [0.2, 0.25) is 5.91 Å². The van der Waals surface area contributed by atoms with Crippen molar-refractivity contribution >= 4 is 47.4 Å². The molecule has 1 aromatic carbocycles. The zero-order valence-electron chi connectivity index (χ0n) is 14.0. The minimum atomic E-state index is 0. The van der Waals surface area contributed by atoms with Crippen molar-refractivity contribution < 1.29 is 4.79 Å². The molecule has 1 aromatic rings. The Morgan fingerprint density at radius 3 is 2.43 bits per heavy atom. The molecule has 0 aromatic heterocycles. The number of hydrogen-bond acceptors (Lipinski definition) is 2. The molecule has 0 heterocycles. The smallest absolute Gasteiger partial charge is 0.222 e. The molecule has 0 aliphatic heterocycles. The molecule has 0 radical (unpaired) electrons. The van der Waals surface area contributed by atoms with Gasteiger partial charge in [-0.05, 0) is 24.6 Å². The fourth-order valence-electron chi connectivity index (χ4n) is 1.83. The summed E-state index contributed by atoms with van der Waals surface area (Å²) in [5.74, 6) is 0.739. The Labute approximate surface area is 160 Å². The van der Waals surface area contributed by atoms with Gasteiger partial charge in [-0.3, -0.25) is 9.79 Å². The van der Waals surface area contributed by atoms with E-state index in [1.165, 1.54) is 0 Å². The Bertz CT molecular complexity index is 523. The second-order valence-electron chi connectivity index (χ2n) is 5.37. The third kappa shape index (κ3) is 8.41. The van der Waals surface area contributed by atoms with Crippen LogP contribution in [0.1, 0.15) is 32.4 Å². The van der Waals surface area contributed by atoms with Crippen LogP contribution >= 0.6 is 35.6 Å². The predicted octanol–water partition coefficient (Wildman–Crippen LogP) is 2.96. The maximum absolute atomic E-state index is 11.5. The van der Waals surface area contributed by atoms with E-state index >= 15 is 0 Å². The molecule has 3 N–H and O–H groups in total. The molecule has 1 amide bonds. The zero-order valence-corrected chi connectivity index (χ0v) is 17.1. The van der Waals surface area contributed by atoms with Crippen molar-refractivity contribution in [1.29, 1.82) is 0 Å². The second-order valence-corrected chi connectivity index (χ2v) is 5.80. The summed E-state index contributed by atoms with van der Waals surface area (Å²) in [5.41, 5.74) is 1.09. The Morgan fingerprint density at radius 1 is 1.22 bits per heavy atom. The fraction of sp³-hybridized carbons (Fsp3) is 0.500. The molecule has 1 atom stereocenters. The van der Waals surface area contributed by atoms with Crippen LogP contribution in [0, 0.1) is 5.92 Å². The largest absolute Gasteiger partial charge is 0.355 e. The normalized spacial score (nSPS) is 12.3. The first-order valence-electron chi connectivity index (χ1n) is 7.44. The summed E-state index contributed by atoms with van der Waals surface area (Å²) in [5, 5.41) is 10.0. The van der Waals surface area contributed by atoms with Gasteiger partial charge in [0.15, 0.2) is 5.96 Å². The van der Waals surface area contributed by atoms with Gasteiger partial charge in [0.25, 0.3) is 0 Å². The Balaban J connectivity index is 0.00000484. The first-order chi connectivity index (χ1) is 10.4. The summed E-state index contributed by atoms with van der Waals surface area (Å²) in [4.78, 5) is 15.6. The maximum atomic E-state index is 11.5. The van der Waals surface area contributed by atoms with Gasteiger partial charge in [-0.1, -0.05) is 37.6 Å². The molecule has 23 heavy (non-hydrogen) atoms. The number of nitrogens with zero attached hydrogens (tertiary/aromatic N) is 1. The molecule has 0 fully saturated rings. The fourth-order valence-corrected chi connectivity index (χ4v) is 2.03. The molecule has 1 rings (SSSR count). The van der Waals surface area contributed by atoms with Crippen LogP contribution in [0.4, 0.5) is 0 Å². The molecule has 0 spiro atoms. The molecule has 0 aliphatic rings. The lowest BCUT2D eigenvalue weighted by atomic mass is 10.1. The lowest BCUT2D eigenvalue weighted by molar-refractivity contribution is -0.123. The summed E-state index contributed by atoms with van der Waals surface area (Å²) in [6.07, 6.45) is 0. The van der Waals surface area contributed by atoms with Crippen LogP contribution in [0.2, 0.25) is 5.02 Å². The molecule has 0 saturated carbocycles. The van der Waals surface area contributed by atoms with E-state index in [-0.39, 0.29) is 41.8 Å². The number of amides is 1. The number of nitrogens with one attached hydrogen (secondary N) is 3.